The first kappa shape index (κ1) is 16.9. The normalized spacial score (nSPS) is 14.3. The largest absolute Gasteiger partial charge is 0.487 e. The van der Waals surface area contributed by atoms with E-state index >= 15 is 0 Å². The number of rotatable bonds is 8. The minimum absolute atomic E-state index is 0.0849. The smallest absolute Gasteiger partial charge is 0.165 e. The third-order valence-corrected chi connectivity index (χ3v) is 3.21. The summed E-state index contributed by atoms with van der Waals surface area (Å²) < 4.78 is 19.4. The van der Waals surface area contributed by atoms with Gasteiger partial charge in [0.2, 0.25) is 0 Å². The van der Waals surface area contributed by atoms with Crippen molar-refractivity contribution in [2.45, 2.75) is 46.3 Å². The molecule has 20 heavy (non-hydrogen) atoms. The third kappa shape index (κ3) is 5.47. The van der Waals surface area contributed by atoms with Crippen molar-refractivity contribution in [3.63, 3.8) is 0 Å². The molecule has 3 nitrogen and oxygen atoms in total. The summed E-state index contributed by atoms with van der Waals surface area (Å²) in [6.07, 6.45) is 0.558. The van der Waals surface area contributed by atoms with E-state index in [-0.39, 0.29) is 18.2 Å². The molecule has 0 spiro atoms. The molecule has 1 unspecified atom stereocenters. The summed E-state index contributed by atoms with van der Waals surface area (Å²) in [6.45, 7) is 9.30. The quantitative estimate of drug-likeness (QED) is 0.770. The highest BCUT2D eigenvalue weighted by Gasteiger charge is 2.20. The predicted molar refractivity (Wildman–Crippen MR) is 79.4 cm³/mol. The maximum atomic E-state index is 13.9. The van der Waals surface area contributed by atoms with Crippen molar-refractivity contribution in [2.24, 2.45) is 5.92 Å². The van der Waals surface area contributed by atoms with Gasteiger partial charge in [0.1, 0.15) is 6.61 Å². The Balaban J connectivity index is 2.72. The molecule has 1 aromatic rings. The molecule has 0 radical (unpaired) electrons. The molecule has 0 aromatic heterocycles. The van der Waals surface area contributed by atoms with Gasteiger partial charge in [-0.15, -0.1) is 0 Å². The highest BCUT2D eigenvalue weighted by Crippen LogP contribution is 2.24. The molecule has 114 valence electrons. The number of para-hydroxylation sites is 1. The van der Waals surface area contributed by atoms with Crippen molar-refractivity contribution in [3.05, 3.63) is 29.6 Å². The minimum atomic E-state index is -0.940. The van der Waals surface area contributed by atoms with Crippen molar-refractivity contribution in [1.29, 1.82) is 0 Å². The first-order valence-electron chi connectivity index (χ1n) is 7.19. The summed E-state index contributed by atoms with van der Waals surface area (Å²) >= 11 is 0. The highest BCUT2D eigenvalue weighted by molar-refractivity contribution is 5.35. The second-order valence-electron chi connectivity index (χ2n) is 5.89. The molecule has 0 amide bonds. The van der Waals surface area contributed by atoms with Crippen LogP contribution in [0.5, 0.6) is 5.75 Å². The fourth-order valence-corrected chi connectivity index (χ4v) is 1.68. The Kier molecular flexibility index (Phi) is 6.43. The van der Waals surface area contributed by atoms with Crippen LogP contribution in [0.3, 0.4) is 0 Å². The van der Waals surface area contributed by atoms with Gasteiger partial charge in [-0.3, -0.25) is 0 Å². The van der Waals surface area contributed by atoms with Gasteiger partial charge in [-0.05, 0) is 31.9 Å². The summed E-state index contributed by atoms with van der Waals surface area (Å²) in [5, 5.41) is 13.2. The number of hydrogen-bond acceptors (Lipinski definition) is 3. The molecule has 0 bridgehead atoms. The molecule has 1 rings (SSSR count). The lowest BCUT2D eigenvalue weighted by atomic mass is 10.1. The first-order chi connectivity index (χ1) is 9.35. The summed E-state index contributed by atoms with van der Waals surface area (Å²) in [4.78, 5) is 0. The van der Waals surface area contributed by atoms with Gasteiger partial charge in [0, 0.05) is 12.1 Å². The maximum Gasteiger partial charge on any atom is 0.165 e. The van der Waals surface area contributed by atoms with E-state index < -0.39 is 5.60 Å². The number of aliphatic hydroxyl groups is 1. The molecule has 0 saturated heterocycles. The van der Waals surface area contributed by atoms with Gasteiger partial charge in [0.05, 0.1) is 5.60 Å². The number of halogens is 1. The van der Waals surface area contributed by atoms with Gasteiger partial charge >= 0.3 is 0 Å². The van der Waals surface area contributed by atoms with Crippen LogP contribution < -0.4 is 10.1 Å². The van der Waals surface area contributed by atoms with E-state index in [1.165, 1.54) is 6.07 Å². The number of ether oxygens (including phenoxy) is 1. The van der Waals surface area contributed by atoms with Crippen molar-refractivity contribution >= 4 is 0 Å². The zero-order valence-corrected chi connectivity index (χ0v) is 12.9. The van der Waals surface area contributed by atoms with Crippen LogP contribution in [0.25, 0.3) is 0 Å². The van der Waals surface area contributed by atoms with E-state index in [0.717, 1.165) is 12.1 Å². The van der Waals surface area contributed by atoms with E-state index in [0.29, 0.717) is 18.9 Å². The lowest BCUT2D eigenvalue weighted by Crippen LogP contribution is -2.31. The van der Waals surface area contributed by atoms with E-state index in [4.69, 9.17) is 4.74 Å². The van der Waals surface area contributed by atoms with Crippen molar-refractivity contribution in [3.8, 4) is 5.75 Å². The standard InChI is InChI=1S/C16H26FNO2/c1-5-16(4,19)11-20-15-13(7-6-8-14(15)17)10-18-9-12(2)3/h6-8,12,18-19H,5,9-11H2,1-4H3. The molecular weight excluding hydrogens is 257 g/mol. The fraction of sp³-hybridized carbons (Fsp3) is 0.625. The molecule has 0 heterocycles. The minimum Gasteiger partial charge on any atom is -0.487 e. The second-order valence-corrected chi connectivity index (χ2v) is 5.89. The summed E-state index contributed by atoms with van der Waals surface area (Å²) in [6, 6.07) is 4.89. The Morgan fingerprint density at radius 1 is 1.40 bits per heavy atom. The van der Waals surface area contributed by atoms with Gasteiger partial charge in [-0.1, -0.05) is 32.9 Å². The molecular formula is C16H26FNO2. The van der Waals surface area contributed by atoms with Gasteiger partial charge in [0.25, 0.3) is 0 Å². The first-order valence-corrected chi connectivity index (χ1v) is 7.19. The third-order valence-electron chi connectivity index (χ3n) is 3.21. The molecule has 0 aliphatic carbocycles. The molecule has 1 atom stereocenters. The molecule has 2 N–H and O–H groups in total. The summed E-state index contributed by atoms with van der Waals surface area (Å²) in [5.41, 5.74) is -0.164. The SMILES string of the molecule is CCC(C)(O)COc1c(F)cccc1CNCC(C)C. The number of benzene rings is 1. The Hall–Kier alpha value is -1.13. The van der Waals surface area contributed by atoms with Crippen molar-refractivity contribution in [2.75, 3.05) is 13.2 Å². The van der Waals surface area contributed by atoms with Crippen LogP contribution in [0.15, 0.2) is 18.2 Å². The average Bonchev–Trinajstić information content (AvgIpc) is 2.37. The Labute approximate surface area is 121 Å². The van der Waals surface area contributed by atoms with Gasteiger partial charge in [-0.25, -0.2) is 4.39 Å². The Morgan fingerprint density at radius 2 is 2.10 bits per heavy atom. The Morgan fingerprint density at radius 3 is 2.70 bits per heavy atom. The molecule has 0 fully saturated rings. The van der Waals surface area contributed by atoms with Crippen LogP contribution in [0, 0.1) is 11.7 Å². The number of nitrogens with one attached hydrogen (secondary N) is 1. The van der Waals surface area contributed by atoms with Crippen LogP contribution in [0.4, 0.5) is 4.39 Å². The zero-order valence-electron chi connectivity index (χ0n) is 12.9. The van der Waals surface area contributed by atoms with E-state index in [1.807, 2.05) is 13.0 Å². The van der Waals surface area contributed by atoms with Crippen molar-refractivity contribution in [1.82, 2.24) is 5.32 Å². The molecule has 0 aliphatic heterocycles. The monoisotopic (exact) mass is 283 g/mol. The molecule has 4 heteroatoms. The highest BCUT2D eigenvalue weighted by atomic mass is 19.1. The predicted octanol–water partition coefficient (Wildman–Crippen LogP) is 3.11. The lowest BCUT2D eigenvalue weighted by molar-refractivity contribution is 0.00700. The van der Waals surface area contributed by atoms with Gasteiger partial charge in [-0.2, -0.15) is 0 Å². The van der Waals surface area contributed by atoms with E-state index in [9.17, 15) is 9.50 Å². The van der Waals surface area contributed by atoms with Crippen LogP contribution in [0.1, 0.15) is 39.7 Å². The topological polar surface area (TPSA) is 41.5 Å². The maximum absolute atomic E-state index is 13.9. The number of hydrogen-bond donors (Lipinski definition) is 2. The molecule has 0 saturated carbocycles. The Bertz CT molecular complexity index is 419. The fourth-order valence-electron chi connectivity index (χ4n) is 1.68. The molecule has 1 aromatic carbocycles. The van der Waals surface area contributed by atoms with E-state index in [2.05, 4.69) is 19.2 Å². The second kappa shape index (κ2) is 7.60. The van der Waals surface area contributed by atoms with Crippen LogP contribution in [-0.2, 0) is 6.54 Å². The summed E-state index contributed by atoms with van der Waals surface area (Å²) in [5.74, 6) is 0.381. The summed E-state index contributed by atoms with van der Waals surface area (Å²) in [7, 11) is 0. The van der Waals surface area contributed by atoms with Crippen LogP contribution >= 0.6 is 0 Å². The molecule has 0 aliphatic rings. The lowest BCUT2D eigenvalue weighted by Gasteiger charge is -2.23. The zero-order chi connectivity index (χ0) is 15.2. The van der Waals surface area contributed by atoms with Crippen molar-refractivity contribution < 1.29 is 14.2 Å². The van der Waals surface area contributed by atoms with Crippen LogP contribution in [0.2, 0.25) is 0 Å². The van der Waals surface area contributed by atoms with Gasteiger partial charge in [0.15, 0.2) is 11.6 Å². The van der Waals surface area contributed by atoms with E-state index in [1.54, 1.807) is 13.0 Å². The average molecular weight is 283 g/mol. The van der Waals surface area contributed by atoms with Crippen LogP contribution in [-0.4, -0.2) is 23.9 Å². The van der Waals surface area contributed by atoms with Gasteiger partial charge < -0.3 is 15.2 Å².